The van der Waals surface area contributed by atoms with Gasteiger partial charge in [-0.15, -0.1) is 0 Å². The molecule has 2 aliphatic rings. The first-order valence-corrected chi connectivity index (χ1v) is 9.44. The molecule has 2 aromatic rings. The van der Waals surface area contributed by atoms with Crippen LogP contribution >= 0.6 is 0 Å². The Morgan fingerprint density at radius 3 is 2.29 bits per heavy atom. The van der Waals surface area contributed by atoms with Crippen LogP contribution in [0, 0.1) is 11.3 Å². The van der Waals surface area contributed by atoms with E-state index in [0.717, 1.165) is 24.2 Å². The van der Waals surface area contributed by atoms with E-state index in [4.69, 9.17) is 14.7 Å². The van der Waals surface area contributed by atoms with E-state index in [2.05, 4.69) is 6.07 Å². The Labute approximate surface area is 163 Å². The highest BCUT2D eigenvalue weighted by atomic mass is 16.5. The van der Waals surface area contributed by atoms with Crippen molar-refractivity contribution in [2.45, 2.75) is 24.5 Å². The SMILES string of the molecule is N#Cc1ccc(OC2CCN(C(=O)c3ccc(C4(O)COC4)cc3)CC2)cc1. The highest BCUT2D eigenvalue weighted by Crippen LogP contribution is 2.29. The molecule has 1 amide bonds. The van der Waals surface area contributed by atoms with Crippen LogP contribution < -0.4 is 4.74 Å². The number of aliphatic hydroxyl groups is 1. The van der Waals surface area contributed by atoms with Crippen LogP contribution in [-0.4, -0.2) is 48.3 Å². The van der Waals surface area contributed by atoms with Crippen molar-refractivity contribution in [3.63, 3.8) is 0 Å². The highest BCUT2D eigenvalue weighted by Gasteiger charge is 2.38. The van der Waals surface area contributed by atoms with Crippen LogP contribution in [0.25, 0.3) is 0 Å². The van der Waals surface area contributed by atoms with Gasteiger partial charge in [0.15, 0.2) is 0 Å². The summed E-state index contributed by atoms with van der Waals surface area (Å²) in [6.07, 6.45) is 1.59. The van der Waals surface area contributed by atoms with Gasteiger partial charge in [-0.1, -0.05) is 12.1 Å². The van der Waals surface area contributed by atoms with E-state index < -0.39 is 5.60 Å². The van der Waals surface area contributed by atoms with Crippen molar-refractivity contribution in [1.82, 2.24) is 4.90 Å². The molecular weight excluding hydrogens is 356 g/mol. The number of rotatable bonds is 4. The summed E-state index contributed by atoms with van der Waals surface area (Å²) < 4.78 is 11.1. The number of ether oxygens (including phenoxy) is 2. The molecule has 0 bridgehead atoms. The van der Waals surface area contributed by atoms with Crippen molar-refractivity contribution in [3.05, 3.63) is 65.2 Å². The Kier molecular flexibility index (Phi) is 5.03. The van der Waals surface area contributed by atoms with Gasteiger partial charge in [-0.25, -0.2) is 0 Å². The Hall–Kier alpha value is -2.88. The Bertz CT molecular complexity index is 874. The van der Waals surface area contributed by atoms with Crippen LogP contribution in [0.4, 0.5) is 0 Å². The zero-order valence-corrected chi connectivity index (χ0v) is 15.5. The summed E-state index contributed by atoms with van der Waals surface area (Å²) >= 11 is 0. The maximum Gasteiger partial charge on any atom is 0.253 e. The summed E-state index contributed by atoms with van der Waals surface area (Å²) in [5.41, 5.74) is 1.10. The van der Waals surface area contributed by atoms with Crippen molar-refractivity contribution in [2.75, 3.05) is 26.3 Å². The Morgan fingerprint density at radius 1 is 1.11 bits per heavy atom. The third kappa shape index (κ3) is 3.72. The molecule has 28 heavy (non-hydrogen) atoms. The molecular formula is C22H22N2O4. The molecule has 4 rings (SSSR count). The molecule has 6 nitrogen and oxygen atoms in total. The van der Waals surface area contributed by atoms with E-state index in [9.17, 15) is 9.90 Å². The summed E-state index contributed by atoms with van der Waals surface area (Å²) in [4.78, 5) is 14.6. The lowest BCUT2D eigenvalue weighted by Gasteiger charge is -2.37. The molecule has 2 fully saturated rings. The molecule has 0 unspecified atom stereocenters. The van der Waals surface area contributed by atoms with Crippen LogP contribution in [0.3, 0.4) is 0 Å². The minimum Gasteiger partial charge on any atom is -0.490 e. The number of carbonyl (C=O) groups excluding carboxylic acids is 1. The van der Waals surface area contributed by atoms with E-state index in [1.807, 2.05) is 4.90 Å². The van der Waals surface area contributed by atoms with Crippen molar-refractivity contribution in [3.8, 4) is 11.8 Å². The van der Waals surface area contributed by atoms with E-state index in [1.54, 1.807) is 48.5 Å². The lowest BCUT2D eigenvalue weighted by Crippen LogP contribution is -2.46. The minimum absolute atomic E-state index is 0.000206. The number of amides is 1. The van der Waals surface area contributed by atoms with Gasteiger partial charge < -0.3 is 19.5 Å². The van der Waals surface area contributed by atoms with Gasteiger partial charge in [0.2, 0.25) is 0 Å². The molecule has 0 aromatic heterocycles. The van der Waals surface area contributed by atoms with Crippen LogP contribution in [0.15, 0.2) is 48.5 Å². The van der Waals surface area contributed by atoms with Crippen molar-refractivity contribution in [2.24, 2.45) is 0 Å². The van der Waals surface area contributed by atoms with Crippen LogP contribution in [0.5, 0.6) is 5.75 Å². The number of hydrogen-bond acceptors (Lipinski definition) is 5. The molecule has 2 heterocycles. The third-order valence-electron chi connectivity index (χ3n) is 5.37. The monoisotopic (exact) mass is 378 g/mol. The fourth-order valence-electron chi connectivity index (χ4n) is 3.54. The second kappa shape index (κ2) is 7.63. The molecule has 0 saturated carbocycles. The molecule has 0 atom stereocenters. The summed E-state index contributed by atoms with van der Waals surface area (Å²) in [5.74, 6) is 0.748. The topological polar surface area (TPSA) is 82.8 Å². The normalized spacial score (nSPS) is 18.8. The summed E-state index contributed by atoms with van der Waals surface area (Å²) in [6, 6.07) is 16.3. The minimum atomic E-state index is -0.914. The first-order chi connectivity index (χ1) is 13.6. The summed E-state index contributed by atoms with van der Waals surface area (Å²) in [5, 5.41) is 19.1. The first kappa shape index (κ1) is 18.5. The van der Waals surface area contributed by atoms with Gasteiger partial charge in [-0.2, -0.15) is 5.26 Å². The molecule has 144 valence electrons. The van der Waals surface area contributed by atoms with Gasteiger partial charge in [0, 0.05) is 31.5 Å². The number of hydrogen-bond donors (Lipinski definition) is 1. The lowest BCUT2D eigenvalue weighted by atomic mass is 9.91. The Balaban J connectivity index is 1.31. The average Bonchev–Trinajstić information content (AvgIpc) is 2.73. The number of likely N-dealkylation sites (tertiary alicyclic amines) is 1. The number of nitrogens with zero attached hydrogens (tertiary/aromatic N) is 2. The molecule has 1 N–H and O–H groups in total. The van der Waals surface area contributed by atoms with E-state index in [0.29, 0.717) is 37.4 Å². The van der Waals surface area contributed by atoms with Crippen molar-refractivity contribution < 1.29 is 19.4 Å². The predicted molar refractivity (Wildman–Crippen MR) is 102 cm³/mol. The second-order valence-electron chi connectivity index (χ2n) is 7.35. The molecule has 2 saturated heterocycles. The fraction of sp³-hybridized carbons (Fsp3) is 0.364. The number of carbonyl (C=O) groups is 1. The highest BCUT2D eigenvalue weighted by molar-refractivity contribution is 5.94. The standard InChI is InChI=1S/C22H22N2O4/c23-13-16-1-7-19(8-2-16)28-20-9-11-24(12-10-20)21(25)17-3-5-18(6-4-17)22(26)14-27-15-22/h1-8,20,26H,9-12,14-15H2. The van der Waals surface area contributed by atoms with E-state index >= 15 is 0 Å². The maximum atomic E-state index is 12.7. The Morgan fingerprint density at radius 2 is 1.75 bits per heavy atom. The maximum absolute atomic E-state index is 12.7. The lowest BCUT2D eigenvalue weighted by molar-refractivity contribution is -0.184. The van der Waals surface area contributed by atoms with Gasteiger partial charge in [0.25, 0.3) is 5.91 Å². The van der Waals surface area contributed by atoms with Crippen LogP contribution in [-0.2, 0) is 10.3 Å². The largest absolute Gasteiger partial charge is 0.490 e. The zero-order valence-electron chi connectivity index (χ0n) is 15.5. The smallest absolute Gasteiger partial charge is 0.253 e. The van der Waals surface area contributed by atoms with Gasteiger partial charge in [-0.05, 0) is 42.0 Å². The molecule has 0 spiro atoms. The van der Waals surface area contributed by atoms with Gasteiger partial charge >= 0.3 is 0 Å². The fourth-order valence-corrected chi connectivity index (χ4v) is 3.54. The summed E-state index contributed by atoms with van der Waals surface area (Å²) in [7, 11) is 0. The molecule has 0 radical (unpaired) electrons. The zero-order chi connectivity index (χ0) is 19.6. The first-order valence-electron chi connectivity index (χ1n) is 9.44. The third-order valence-corrected chi connectivity index (χ3v) is 5.37. The quantitative estimate of drug-likeness (QED) is 0.884. The van der Waals surface area contributed by atoms with E-state index in [-0.39, 0.29) is 12.0 Å². The van der Waals surface area contributed by atoms with Gasteiger partial charge in [-0.3, -0.25) is 4.79 Å². The van der Waals surface area contributed by atoms with Crippen molar-refractivity contribution in [1.29, 1.82) is 5.26 Å². The molecule has 2 aromatic carbocycles. The number of benzene rings is 2. The number of nitriles is 1. The number of piperidine rings is 1. The predicted octanol–water partition coefficient (Wildman–Crippen LogP) is 2.46. The summed E-state index contributed by atoms with van der Waals surface area (Å²) in [6.45, 7) is 1.87. The second-order valence-corrected chi connectivity index (χ2v) is 7.35. The van der Waals surface area contributed by atoms with Gasteiger partial charge in [0.05, 0.1) is 24.8 Å². The molecule has 2 aliphatic heterocycles. The van der Waals surface area contributed by atoms with Crippen molar-refractivity contribution >= 4 is 5.91 Å². The van der Waals surface area contributed by atoms with Crippen LogP contribution in [0.2, 0.25) is 0 Å². The average molecular weight is 378 g/mol. The molecule has 0 aliphatic carbocycles. The van der Waals surface area contributed by atoms with Gasteiger partial charge in [0.1, 0.15) is 17.5 Å². The van der Waals surface area contributed by atoms with Crippen LogP contribution in [0.1, 0.15) is 34.3 Å². The van der Waals surface area contributed by atoms with E-state index in [1.165, 1.54) is 0 Å². The molecule has 6 heteroatoms.